The highest BCUT2D eigenvalue weighted by Gasteiger charge is 2.21. The number of hydrogen-bond donors (Lipinski definition) is 1. The third-order valence-electron chi connectivity index (χ3n) is 3.44. The molecule has 0 radical (unpaired) electrons. The second-order valence-electron chi connectivity index (χ2n) is 4.80. The summed E-state index contributed by atoms with van der Waals surface area (Å²) in [6.45, 7) is 0. The topological polar surface area (TPSA) is 55.2 Å². The summed E-state index contributed by atoms with van der Waals surface area (Å²) >= 11 is 7.69. The average molecular weight is 321 g/mol. The van der Waals surface area contributed by atoms with E-state index >= 15 is 0 Å². The van der Waals surface area contributed by atoms with E-state index in [1.165, 1.54) is 16.5 Å². The lowest BCUT2D eigenvalue weighted by Gasteiger charge is -2.26. The first-order valence-electron chi connectivity index (χ1n) is 6.57. The predicted octanol–water partition coefficient (Wildman–Crippen LogP) is 4.90. The third kappa shape index (κ3) is 2.99. The molecule has 4 nitrogen and oxygen atoms in total. The minimum Gasteiger partial charge on any atom is -0.378 e. The second-order valence-corrected chi connectivity index (χ2v) is 6.34. The number of benzene rings is 2. The van der Waals surface area contributed by atoms with Crippen LogP contribution in [0.4, 0.5) is 11.4 Å². The van der Waals surface area contributed by atoms with E-state index in [-0.39, 0.29) is 16.8 Å². The van der Waals surface area contributed by atoms with Gasteiger partial charge < -0.3 is 5.32 Å². The van der Waals surface area contributed by atoms with Crippen LogP contribution in [0, 0.1) is 10.1 Å². The molecular weight excluding hydrogens is 308 g/mol. The molecule has 0 saturated carbocycles. The van der Waals surface area contributed by atoms with Crippen LogP contribution in [-0.2, 0) is 0 Å². The number of nitro benzene ring substituents is 1. The van der Waals surface area contributed by atoms with Gasteiger partial charge in [0.1, 0.15) is 5.02 Å². The van der Waals surface area contributed by atoms with Crippen LogP contribution < -0.4 is 5.32 Å². The molecule has 0 aliphatic carbocycles. The molecule has 0 saturated heterocycles. The van der Waals surface area contributed by atoms with Gasteiger partial charge in [-0.3, -0.25) is 10.1 Å². The van der Waals surface area contributed by atoms with Gasteiger partial charge >= 0.3 is 0 Å². The first-order valence-corrected chi connectivity index (χ1v) is 7.94. The Labute approximate surface area is 131 Å². The Hall–Kier alpha value is -1.72. The maximum Gasteiger partial charge on any atom is 0.289 e. The van der Waals surface area contributed by atoms with Gasteiger partial charge in [0.05, 0.1) is 11.0 Å². The lowest BCUT2D eigenvalue weighted by atomic mass is 10.0. The summed E-state index contributed by atoms with van der Waals surface area (Å²) in [4.78, 5) is 11.8. The fourth-order valence-electron chi connectivity index (χ4n) is 2.44. The lowest BCUT2D eigenvalue weighted by Crippen LogP contribution is -2.16. The van der Waals surface area contributed by atoms with Crippen molar-refractivity contribution < 1.29 is 4.92 Å². The largest absolute Gasteiger partial charge is 0.378 e. The van der Waals surface area contributed by atoms with E-state index in [9.17, 15) is 10.1 Å². The van der Waals surface area contributed by atoms with Crippen LogP contribution in [-0.4, -0.2) is 10.7 Å². The first-order chi connectivity index (χ1) is 10.1. The van der Waals surface area contributed by atoms with Crippen molar-refractivity contribution >= 4 is 34.7 Å². The monoisotopic (exact) mass is 320 g/mol. The molecular formula is C15H13ClN2O2S. The van der Waals surface area contributed by atoms with Gasteiger partial charge in [-0.25, -0.2) is 0 Å². The van der Waals surface area contributed by atoms with Crippen LogP contribution in [0.3, 0.4) is 0 Å². The molecule has 2 aromatic rings. The van der Waals surface area contributed by atoms with Crippen LogP contribution in [0.2, 0.25) is 5.02 Å². The summed E-state index contributed by atoms with van der Waals surface area (Å²) in [6, 6.07) is 13.3. The molecule has 6 heteroatoms. The van der Waals surface area contributed by atoms with E-state index in [0.29, 0.717) is 0 Å². The van der Waals surface area contributed by atoms with Gasteiger partial charge in [-0.05, 0) is 30.2 Å². The molecule has 3 rings (SSSR count). The number of halogens is 1. The number of nitrogens with zero attached hydrogens (tertiary/aromatic N) is 1. The van der Waals surface area contributed by atoms with Crippen molar-refractivity contribution in [2.45, 2.75) is 17.4 Å². The number of anilines is 1. The quantitative estimate of drug-likeness (QED) is 0.645. The smallest absolute Gasteiger partial charge is 0.289 e. The SMILES string of the molecule is O=[N+]([O-])c1cc(NC2CCSc3ccccc32)ccc1Cl. The van der Waals surface area contributed by atoms with Gasteiger partial charge in [-0.2, -0.15) is 0 Å². The Kier molecular flexibility index (Phi) is 4.03. The lowest BCUT2D eigenvalue weighted by molar-refractivity contribution is -0.384. The summed E-state index contributed by atoms with van der Waals surface area (Å²) in [6.07, 6.45) is 0.984. The van der Waals surface area contributed by atoms with Gasteiger partial charge in [-0.1, -0.05) is 29.8 Å². The zero-order chi connectivity index (χ0) is 14.8. The number of fused-ring (bicyclic) bond motifs is 1. The van der Waals surface area contributed by atoms with Crippen molar-refractivity contribution in [1.29, 1.82) is 0 Å². The number of nitro groups is 1. The first kappa shape index (κ1) is 14.2. The number of nitrogens with one attached hydrogen (secondary N) is 1. The van der Waals surface area contributed by atoms with Gasteiger partial charge in [0, 0.05) is 22.4 Å². The summed E-state index contributed by atoms with van der Waals surface area (Å²) in [7, 11) is 0. The minimum absolute atomic E-state index is 0.0693. The molecule has 0 spiro atoms. The zero-order valence-electron chi connectivity index (χ0n) is 11.1. The molecule has 1 aliphatic heterocycles. The van der Waals surface area contributed by atoms with Crippen molar-refractivity contribution in [2.24, 2.45) is 0 Å². The van der Waals surface area contributed by atoms with Crippen molar-refractivity contribution in [3.63, 3.8) is 0 Å². The maximum absolute atomic E-state index is 11.0. The molecule has 1 N–H and O–H groups in total. The fourth-order valence-corrected chi connectivity index (χ4v) is 3.75. The second kappa shape index (κ2) is 5.95. The molecule has 1 unspecified atom stereocenters. The summed E-state index contributed by atoms with van der Waals surface area (Å²) in [5, 5.41) is 14.5. The van der Waals surface area contributed by atoms with Crippen molar-refractivity contribution in [3.05, 3.63) is 63.2 Å². The molecule has 1 aliphatic rings. The normalized spacial score (nSPS) is 17.1. The van der Waals surface area contributed by atoms with Gasteiger partial charge in [0.2, 0.25) is 0 Å². The molecule has 0 aromatic heterocycles. The average Bonchev–Trinajstić information content (AvgIpc) is 2.49. The molecule has 2 aromatic carbocycles. The molecule has 0 bridgehead atoms. The Morgan fingerprint density at radius 1 is 1.29 bits per heavy atom. The standard InChI is InChI=1S/C15H13ClN2O2S/c16-12-6-5-10(9-14(12)18(19)20)17-13-7-8-21-15-4-2-1-3-11(13)15/h1-6,9,13,17H,7-8H2. The van der Waals surface area contributed by atoms with Crippen molar-refractivity contribution in [2.75, 3.05) is 11.1 Å². The Bertz CT molecular complexity index is 693. The van der Waals surface area contributed by atoms with Crippen molar-refractivity contribution in [3.8, 4) is 0 Å². The molecule has 1 heterocycles. The highest BCUT2D eigenvalue weighted by atomic mass is 35.5. The van der Waals surface area contributed by atoms with E-state index < -0.39 is 4.92 Å². The minimum atomic E-state index is -0.460. The molecule has 21 heavy (non-hydrogen) atoms. The molecule has 0 amide bonds. The van der Waals surface area contributed by atoms with Gasteiger partial charge in [0.15, 0.2) is 0 Å². The molecule has 108 valence electrons. The molecule has 0 fully saturated rings. The summed E-state index contributed by atoms with van der Waals surface area (Å²) in [5.41, 5.74) is 1.89. The van der Waals surface area contributed by atoms with Gasteiger partial charge in [-0.15, -0.1) is 11.8 Å². The van der Waals surface area contributed by atoms with E-state index in [1.807, 2.05) is 23.9 Å². The Morgan fingerprint density at radius 2 is 2.10 bits per heavy atom. The van der Waals surface area contributed by atoms with E-state index in [2.05, 4.69) is 17.4 Å². The number of hydrogen-bond acceptors (Lipinski definition) is 4. The fraction of sp³-hybridized carbons (Fsp3) is 0.200. The Morgan fingerprint density at radius 3 is 2.90 bits per heavy atom. The number of rotatable bonds is 3. The third-order valence-corrected chi connectivity index (χ3v) is 4.88. The number of thioether (sulfide) groups is 1. The summed E-state index contributed by atoms with van der Waals surface area (Å²) < 4.78 is 0. The summed E-state index contributed by atoms with van der Waals surface area (Å²) in [5.74, 6) is 1.03. The van der Waals surface area contributed by atoms with Crippen LogP contribution in [0.5, 0.6) is 0 Å². The predicted molar refractivity (Wildman–Crippen MR) is 86.3 cm³/mol. The van der Waals surface area contributed by atoms with Crippen LogP contribution in [0.25, 0.3) is 0 Å². The van der Waals surface area contributed by atoms with E-state index in [1.54, 1.807) is 12.1 Å². The highest BCUT2D eigenvalue weighted by molar-refractivity contribution is 7.99. The van der Waals surface area contributed by atoms with Crippen LogP contribution in [0.15, 0.2) is 47.4 Å². The van der Waals surface area contributed by atoms with E-state index in [4.69, 9.17) is 11.6 Å². The zero-order valence-corrected chi connectivity index (χ0v) is 12.7. The van der Waals surface area contributed by atoms with E-state index in [0.717, 1.165) is 17.9 Å². The van der Waals surface area contributed by atoms with Crippen molar-refractivity contribution in [1.82, 2.24) is 0 Å². The molecule has 1 atom stereocenters. The maximum atomic E-state index is 11.0. The van der Waals surface area contributed by atoms with Crippen LogP contribution in [0.1, 0.15) is 18.0 Å². The Balaban J connectivity index is 1.88. The highest BCUT2D eigenvalue weighted by Crippen LogP contribution is 2.38. The van der Waals surface area contributed by atoms with Crippen LogP contribution >= 0.6 is 23.4 Å². The van der Waals surface area contributed by atoms with Gasteiger partial charge in [0.25, 0.3) is 5.69 Å².